The average Bonchev–Trinajstić information content (AvgIpc) is 2.19. The quantitative estimate of drug-likeness (QED) is 0.471. The van der Waals surface area contributed by atoms with Crippen molar-refractivity contribution in [2.45, 2.75) is 12.5 Å². The molecule has 13 heavy (non-hydrogen) atoms. The molecule has 2 heteroatoms. The van der Waals surface area contributed by atoms with E-state index in [-0.39, 0.29) is 6.04 Å². The van der Waals surface area contributed by atoms with Crippen molar-refractivity contribution >= 4 is 12.2 Å². The van der Waals surface area contributed by atoms with Crippen LogP contribution in [-0.4, -0.2) is 6.08 Å². The van der Waals surface area contributed by atoms with Crippen LogP contribution in [0.3, 0.4) is 0 Å². The van der Waals surface area contributed by atoms with Crippen LogP contribution in [0.25, 0.3) is 6.08 Å². The fourth-order valence-electron chi connectivity index (χ4n) is 1.60. The summed E-state index contributed by atoms with van der Waals surface area (Å²) < 4.78 is 0. The summed E-state index contributed by atoms with van der Waals surface area (Å²) in [6.07, 6.45) is 6.51. The number of fused-ring (bicyclic) bond motifs is 1. The van der Waals surface area contributed by atoms with Gasteiger partial charge >= 0.3 is 0 Å². The van der Waals surface area contributed by atoms with E-state index < -0.39 is 0 Å². The summed E-state index contributed by atoms with van der Waals surface area (Å²) in [6.45, 7) is 0. The topological polar surface area (TPSA) is 29.4 Å². The normalized spacial score (nSPS) is 18.9. The van der Waals surface area contributed by atoms with Crippen molar-refractivity contribution in [3.8, 4) is 0 Å². The fraction of sp³-hybridized carbons (Fsp3) is 0.182. The van der Waals surface area contributed by atoms with Crippen molar-refractivity contribution in [1.82, 2.24) is 0 Å². The molecule has 0 saturated heterocycles. The van der Waals surface area contributed by atoms with Gasteiger partial charge < -0.3 is 0 Å². The number of nitrogens with zero attached hydrogens (tertiary/aromatic N) is 1. The number of rotatable bonds is 1. The third kappa shape index (κ3) is 1.44. The van der Waals surface area contributed by atoms with Crippen LogP contribution in [0.5, 0.6) is 0 Å². The molecule has 0 spiro atoms. The Morgan fingerprint density at radius 3 is 3.08 bits per heavy atom. The van der Waals surface area contributed by atoms with Gasteiger partial charge in [-0.05, 0) is 17.5 Å². The van der Waals surface area contributed by atoms with Crippen molar-refractivity contribution in [2.75, 3.05) is 0 Å². The summed E-state index contributed by atoms with van der Waals surface area (Å²) >= 11 is 0. The molecule has 0 N–H and O–H groups in total. The third-order valence-corrected chi connectivity index (χ3v) is 2.22. The molecule has 0 aromatic heterocycles. The number of hydrogen-bond acceptors (Lipinski definition) is 2. The second-order valence-electron chi connectivity index (χ2n) is 3.00. The number of carbonyl (C=O) groups excluding carboxylic acids is 1. The van der Waals surface area contributed by atoms with Crippen molar-refractivity contribution in [1.29, 1.82) is 0 Å². The van der Waals surface area contributed by atoms with E-state index in [2.05, 4.69) is 11.1 Å². The number of aliphatic imine (C=N–C) groups is 1. The van der Waals surface area contributed by atoms with Gasteiger partial charge in [0.05, 0.1) is 6.04 Å². The highest BCUT2D eigenvalue weighted by Crippen LogP contribution is 2.29. The van der Waals surface area contributed by atoms with Crippen LogP contribution in [0.15, 0.2) is 35.3 Å². The molecule has 0 fully saturated rings. The van der Waals surface area contributed by atoms with Gasteiger partial charge in [-0.2, -0.15) is 4.99 Å². The molecule has 1 aliphatic carbocycles. The standard InChI is InChI=1S/C11H9NO/c13-8-12-11-7-3-5-9-4-1-2-6-10(9)11/h1-6,11H,7H2/t11-/m0/s1. The second kappa shape index (κ2) is 3.38. The minimum Gasteiger partial charge on any atom is -0.211 e. The Balaban J connectivity index is 2.48. The Labute approximate surface area is 76.6 Å². The molecule has 1 aromatic carbocycles. The first-order valence-electron chi connectivity index (χ1n) is 4.24. The minimum absolute atomic E-state index is 0.0290. The SMILES string of the molecule is O=C=N[C@H]1CC=Cc2ccccc21. The lowest BCUT2D eigenvalue weighted by molar-refractivity contribution is 0.557. The number of hydrogen-bond donors (Lipinski definition) is 0. The molecule has 2 rings (SSSR count). The Kier molecular flexibility index (Phi) is 2.07. The highest BCUT2D eigenvalue weighted by molar-refractivity contribution is 5.58. The fourth-order valence-corrected chi connectivity index (χ4v) is 1.60. The van der Waals surface area contributed by atoms with E-state index in [0.717, 1.165) is 17.5 Å². The average molecular weight is 171 g/mol. The molecule has 64 valence electrons. The lowest BCUT2D eigenvalue weighted by Gasteiger charge is -2.15. The monoisotopic (exact) mass is 171 g/mol. The van der Waals surface area contributed by atoms with Crippen LogP contribution >= 0.6 is 0 Å². The van der Waals surface area contributed by atoms with Gasteiger partial charge in [0.25, 0.3) is 0 Å². The maximum Gasteiger partial charge on any atom is 0.235 e. The van der Waals surface area contributed by atoms with Gasteiger partial charge in [-0.3, -0.25) is 0 Å². The van der Waals surface area contributed by atoms with Gasteiger partial charge in [0.2, 0.25) is 6.08 Å². The smallest absolute Gasteiger partial charge is 0.211 e. The summed E-state index contributed by atoms with van der Waals surface area (Å²) in [6, 6.07) is 7.95. The molecule has 0 unspecified atom stereocenters. The number of isocyanates is 1. The molecule has 0 saturated carbocycles. The Bertz CT molecular complexity index is 389. The lowest BCUT2D eigenvalue weighted by atomic mass is 9.93. The van der Waals surface area contributed by atoms with Gasteiger partial charge in [0, 0.05) is 0 Å². The van der Waals surface area contributed by atoms with Gasteiger partial charge in [-0.1, -0.05) is 36.4 Å². The van der Waals surface area contributed by atoms with E-state index in [4.69, 9.17) is 0 Å². The third-order valence-electron chi connectivity index (χ3n) is 2.22. The summed E-state index contributed by atoms with van der Waals surface area (Å²) in [7, 11) is 0. The summed E-state index contributed by atoms with van der Waals surface area (Å²) in [5.74, 6) is 0. The summed E-state index contributed by atoms with van der Waals surface area (Å²) in [5.41, 5.74) is 2.27. The molecule has 0 radical (unpaired) electrons. The van der Waals surface area contributed by atoms with Gasteiger partial charge in [0.1, 0.15) is 0 Å². The van der Waals surface area contributed by atoms with E-state index in [9.17, 15) is 4.79 Å². The van der Waals surface area contributed by atoms with E-state index in [1.165, 1.54) is 0 Å². The first kappa shape index (κ1) is 7.96. The zero-order valence-electron chi connectivity index (χ0n) is 7.10. The Morgan fingerprint density at radius 1 is 1.38 bits per heavy atom. The first-order valence-corrected chi connectivity index (χ1v) is 4.24. The van der Waals surface area contributed by atoms with E-state index >= 15 is 0 Å². The largest absolute Gasteiger partial charge is 0.235 e. The van der Waals surface area contributed by atoms with Crippen molar-refractivity contribution < 1.29 is 4.79 Å². The van der Waals surface area contributed by atoms with Gasteiger partial charge in [-0.25, -0.2) is 4.79 Å². The van der Waals surface area contributed by atoms with E-state index in [1.807, 2.05) is 30.3 Å². The Hall–Kier alpha value is -1.66. The van der Waals surface area contributed by atoms with Gasteiger partial charge in [-0.15, -0.1) is 0 Å². The molecule has 0 amide bonds. The van der Waals surface area contributed by atoms with Crippen LogP contribution in [0.1, 0.15) is 23.6 Å². The van der Waals surface area contributed by atoms with Crippen LogP contribution < -0.4 is 0 Å². The van der Waals surface area contributed by atoms with E-state index in [0.29, 0.717) is 0 Å². The lowest BCUT2D eigenvalue weighted by Crippen LogP contribution is -2.00. The molecule has 1 aliphatic rings. The second-order valence-corrected chi connectivity index (χ2v) is 3.00. The van der Waals surface area contributed by atoms with Crippen molar-refractivity contribution in [3.63, 3.8) is 0 Å². The van der Waals surface area contributed by atoms with E-state index in [1.54, 1.807) is 6.08 Å². The molecule has 2 nitrogen and oxygen atoms in total. The summed E-state index contributed by atoms with van der Waals surface area (Å²) in [5, 5.41) is 0. The molecule has 1 aromatic rings. The molecule has 0 heterocycles. The minimum atomic E-state index is -0.0290. The Morgan fingerprint density at radius 2 is 2.23 bits per heavy atom. The van der Waals surface area contributed by atoms with Crippen LogP contribution in [0, 0.1) is 0 Å². The van der Waals surface area contributed by atoms with Crippen molar-refractivity contribution in [2.24, 2.45) is 4.99 Å². The maximum absolute atomic E-state index is 10.2. The first-order chi connectivity index (χ1) is 6.42. The van der Waals surface area contributed by atoms with Crippen LogP contribution in [-0.2, 0) is 4.79 Å². The molecular weight excluding hydrogens is 162 g/mol. The zero-order chi connectivity index (χ0) is 9.10. The molecule has 0 aliphatic heterocycles. The predicted molar refractivity (Wildman–Crippen MR) is 51.0 cm³/mol. The van der Waals surface area contributed by atoms with Crippen LogP contribution in [0.4, 0.5) is 0 Å². The maximum atomic E-state index is 10.2. The molecule has 1 atom stereocenters. The zero-order valence-corrected chi connectivity index (χ0v) is 7.10. The highest BCUT2D eigenvalue weighted by Gasteiger charge is 2.14. The summed E-state index contributed by atoms with van der Waals surface area (Å²) in [4.78, 5) is 13.9. The number of benzene rings is 1. The van der Waals surface area contributed by atoms with Crippen LogP contribution in [0.2, 0.25) is 0 Å². The van der Waals surface area contributed by atoms with Gasteiger partial charge in [0.15, 0.2) is 0 Å². The predicted octanol–water partition coefficient (Wildman–Crippen LogP) is 2.48. The molecule has 0 bridgehead atoms. The molecular formula is C11H9NO. The van der Waals surface area contributed by atoms with Crippen molar-refractivity contribution in [3.05, 3.63) is 41.5 Å². The highest BCUT2D eigenvalue weighted by atomic mass is 16.1.